The molecule has 5 heteroatoms. The van der Waals surface area contributed by atoms with Crippen molar-refractivity contribution in [2.45, 2.75) is 31.7 Å². The fourth-order valence-corrected chi connectivity index (χ4v) is 2.67. The lowest BCUT2D eigenvalue weighted by Crippen LogP contribution is -2.44. The van der Waals surface area contributed by atoms with Gasteiger partial charge in [-0.3, -0.25) is 4.79 Å². The van der Waals surface area contributed by atoms with Gasteiger partial charge in [0, 0.05) is 18.2 Å². The summed E-state index contributed by atoms with van der Waals surface area (Å²) in [7, 11) is 0. The molecule has 0 aromatic heterocycles. The van der Waals surface area contributed by atoms with Crippen LogP contribution in [-0.2, 0) is 0 Å². The van der Waals surface area contributed by atoms with E-state index in [0.29, 0.717) is 18.7 Å². The van der Waals surface area contributed by atoms with Gasteiger partial charge in [-0.25, -0.2) is 4.39 Å². The van der Waals surface area contributed by atoms with Crippen molar-refractivity contribution < 1.29 is 9.18 Å². The maximum Gasteiger partial charge on any atom is 0.254 e. The molecule has 2 rings (SSSR count). The smallest absolute Gasteiger partial charge is 0.254 e. The zero-order valence-corrected chi connectivity index (χ0v) is 11.5. The van der Waals surface area contributed by atoms with Crippen molar-refractivity contribution in [3.63, 3.8) is 0 Å². The fourth-order valence-electron chi connectivity index (χ4n) is 2.56. The third-order valence-corrected chi connectivity index (χ3v) is 3.86. The van der Waals surface area contributed by atoms with Gasteiger partial charge in [-0.05, 0) is 50.4 Å². The molecular weight excluding hydrogens is 267 g/mol. The van der Waals surface area contributed by atoms with Crippen LogP contribution in [0.2, 0.25) is 5.02 Å². The van der Waals surface area contributed by atoms with Gasteiger partial charge in [0.1, 0.15) is 5.82 Å². The first-order valence-corrected chi connectivity index (χ1v) is 6.97. The van der Waals surface area contributed by atoms with Crippen LogP contribution in [0.4, 0.5) is 4.39 Å². The fraction of sp³-hybridized carbons (Fsp3) is 0.500. The minimum Gasteiger partial charge on any atom is -0.336 e. The van der Waals surface area contributed by atoms with E-state index in [1.54, 1.807) is 6.07 Å². The van der Waals surface area contributed by atoms with E-state index in [1.807, 2.05) is 4.90 Å². The summed E-state index contributed by atoms with van der Waals surface area (Å²) in [4.78, 5) is 14.2. The molecule has 2 N–H and O–H groups in total. The van der Waals surface area contributed by atoms with Crippen molar-refractivity contribution in [3.05, 3.63) is 34.6 Å². The van der Waals surface area contributed by atoms with Gasteiger partial charge in [-0.1, -0.05) is 11.6 Å². The van der Waals surface area contributed by atoms with E-state index in [4.69, 9.17) is 17.3 Å². The molecule has 1 saturated heterocycles. The van der Waals surface area contributed by atoms with Gasteiger partial charge in [0.15, 0.2) is 0 Å². The van der Waals surface area contributed by atoms with Gasteiger partial charge in [-0.2, -0.15) is 0 Å². The summed E-state index contributed by atoms with van der Waals surface area (Å²) in [5.41, 5.74) is 5.94. The minimum absolute atomic E-state index is 0.0358. The van der Waals surface area contributed by atoms with Crippen molar-refractivity contribution in [2.75, 3.05) is 13.1 Å². The highest BCUT2D eigenvalue weighted by molar-refractivity contribution is 6.30. The molecule has 1 unspecified atom stereocenters. The van der Waals surface area contributed by atoms with E-state index >= 15 is 0 Å². The molecule has 1 fully saturated rings. The van der Waals surface area contributed by atoms with Crippen LogP contribution < -0.4 is 5.73 Å². The van der Waals surface area contributed by atoms with E-state index < -0.39 is 5.82 Å². The number of carbonyl (C=O) groups is 1. The summed E-state index contributed by atoms with van der Waals surface area (Å²) in [5.74, 6) is -0.686. The standard InChI is InChI=1S/C14H18ClFN2O/c15-12-5-4-10(9-13(12)16)14(19)18-8-2-1-3-11(18)6-7-17/h4-5,9,11H,1-3,6-8,17H2. The summed E-state index contributed by atoms with van der Waals surface area (Å²) in [6.45, 7) is 1.27. The van der Waals surface area contributed by atoms with E-state index in [-0.39, 0.29) is 17.0 Å². The molecule has 1 aromatic carbocycles. The third-order valence-electron chi connectivity index (χ3n) is 3.55. The van der Waals surface area contributed by atoms with Crippen molar-refractivity contribution in [1.82, 2.24) is 4.90 Å². The molecule has 3 nitrogen and oxygen atoms in total. The van der Waals surface area contributed by atoms with E-state index in [0.717, 1.165) is 25.7 Å². The van der Waals surface area contributed by atoms with Crippen LogP contribution in [0.5, 0.6) is 0 Å². The number of hydrogen-bond acceptors (Lipinski definition) is 2. The number of nitrogens with two attached hydrogens (primary N) is 1. The quantitative estimate of drug-likeness (QED) is 0.928. The van der Waals surface area contributed by atoms with Crippen LogP contribution >= 0.6 is 11.6 Å². The Kier molecular flexibility index (Phi) is 4.77. The minimum atomic E-state index is -0.556. The lowest BCUT2D eigenvalue weighted by molar-refractivity contribution is 0.0604. The molecule has 1 amide bonds. The second-order valence-electron chi connectivity index (χ2n) is 4.85. The summed E-state index contributed by atoms with van der Waals surface area (Å²) in [6.07, 6.45) is 3.87. The van der Waals surface area contributed by atoms with Crippen LogP contribution in [0.15, 0.2) is 18.2 Å². The second kappa shape index (κ2) is 6.35. The lowest BCUT2D eigenvalue weighted by atomic mass is 9.98. The Morgan fingerprint density at radius 2 is 2.26 bits per heavy atom. The molecule has 1 heterocycles. The molecule has 104 valence electrons. The zero-order valence-electron chi connectivity index (χ0n) is 10.7. The number of nitrogens with zero attached hydrogens (tertiary/aromatic N) is 1. The molecule has 19 heavy (non-hydrogen) atoms. The number of likely N-dealkylation sites (tertiary alicyclic amines) is 1. The van der Waals surface area contributed by atoms with Gasteiger partial charge < -0.3 is 10.6 Å². The number of halogens is 2. The Morgan fingerprint density at radius 3 is 2.95 bits per heavy atom. The first kappa shape index (κ1) is 14.3. The Bertz CT molecular complexity index is 465. The molecule has 0 spiro atoms. The summed E-state index contributed by atoms with van der Waals surface area (Å²) in [5, 5.41) is 0.0358. The highest BCUT2D eigenvalue weighted by Gasteiger charge is 2.27. The highest BCUT2D eigenvalue weighted by atomic mass is 35.5. The number of carbonyl (C=O) groups excluding carboxylic acids is 1. The first-order chi connectivity index (χ1) is 9.13. The number of piperidine rings is 1. The zero-order chi connectivity index (χ0) is 13.8. The lowest BCUT2D eigenvalue weighted by Gasteiger charge is -2.35. The average Bonchev–Trinajstić information content (AvgIpc) is 2.42. The van der Waals surface area contributed by atoms with Gasteiger partial charge in [0.25, 0.3) is 5.91 Å². The van der Waals surface area contributed by atoms with Crippen molar-refractivity contribution in [3.8, 4) is 0 Å². The largest absolute Gasteiger partial charge is 0.336 e. The molecule has 1 aliphatic heterocycles. The normalized spacial score (nSPS) is 19.5. The number of rotatable bonds is 3. The van der Waals surface area contributed by atoms with Gasteiger partial charge in [0.2, 0.25) is 0 Å². The van der Waals surface area contributed by atoms with Crippen LogP contribution in [-0.4, -0.2) is 29.9 Å². The van der Waals surface area contributed by atoms with E-state index in [2.05, 4.69) is 0 Å². The Morgan fingerprint density at radius 1 is 1.47 bits per heavy atom. The Balaban J connectivity index is 2.18. The maximum absolute atomic E-state index is 13.4. The Hall–Kier alpha value is -1.13. The third kappa shape index (κ3) is 3.25. The first-order valence-electron chi connectivity index (χ1n) is 6.59. The Labute approximate surface area is 117 Å². The topological polar surface area (TPSA) is 46.3 Å². The van der Waals surface area contributed by atoms with E-state index in [9.17, 15) is 9.18 Å². The monoisotopic (exact) mass is 284 g/mol. The molecule has 1 atom stereocenters. The van der Waals surface area contributed by atoms with Crippen LogP contribution in [0, 0.1) is 5.82 Å². The molecule has 0 aliphatic carbocycles. The van der Waals surface area contributed by atoms with E-state index in [1.165, 1.54) is 12.1 Å². The summed E-state index contributed by atoms with van der Waals surface area (Å²) in [6, 6.07) is 4.37. The number of benzene rings is 1. The van der Waals surface area contributed by atoms with Crippen LogP contribution in [0.3, 0.4) is 0 Å². The van der Waals surface area contributed by atoms with Crippen LogP contribution in [0.1, 0.15) is 36.0 Å². The van der Waals surface area contributed by atoms with Crippen molar-refractivity contribution in [2.24, 2.45) is 5.73 Å². The van der Waals surface area contributed by atoms with Crippen molar-refractivity contribution >= 4 is 17.5 Å². The number of amides is 1. The SMILES string of the molecule is NCCC1CCCCN1C(=O)c1ccc(Cl)c(F)c1. The van der Waals surface area contributed by atoms with Crippen molar-refractivity contribution in [1.29, 1.82) is 0 Å². The molecule has 0 radical (unpaired) electrons. The molecule has 1 aromatic rings. The highest BCUT2D eigenvalue weighted by Crippen LogP contribution is 2.23. The predicted octanol–water partition coefficient (Wildman–Crippen LogP) is 2.82. The predicted molar refractivity (Wildman–Crippen MR) is 73.8 cm³/mol. The van der Waals surface area contributed by atoms with Gasteiger partial charge >= 0.3 is 0 Å². The summed E-state index contributed by atoms with van der Waals surface area (Å²) < 4.78 is 13.4. The molecular formula is C14H18ClFN2O. The van der Waals surface area contributed by atoms with Gasteiger partial charge in [-0.15, -0.1) is 0 Å². The van der Waals surface area contributed by atoms with Gasteiger partial charge in [0.05, 0.1) is 5.02 Å². The number of hydrogen-bond donors (Lipinski definition) is 1. The average molecular weight is 285 g/mol. The molecule has 1 aliphatic rings. The maximum atomic E-state index is 13.4. The summed E-state index contributed by atoms with van der Waals surface area (Å²) >= 11 is 5.63. The molecule has 0 saturated carbocycles. The second-order valence-corrected chi connectivity index (χ2v) is 5.26. The molecule has 0 bridgehead atoms. The van der Waals surface area contributed by atoms with Crippen LogP contribution in [0.25, 0.3) is 0 Å².